The van der Waals surface area contributed by atoms with Crippen molar-refractivity contribution >= 4 is 23.1 Å². The van der Waals surface area contributed by atoms with Gasteiger partial charge in [-0.15, -0.1) is 0 Å². The lowest BCUT2D eigenvalue weighted by Crippen LogP contribution is -2.37. The Morgan fingerprint density at radius 2 is 1.68 bits per heavy atom. The highest BCUT2D eigenvalue weighted by Crippen LogP contribution is 2.25. The second-order valence-corrected chi connectivity index (χ2v) is 7.46. The molecular formula is C24H21N3O4. The van der Waals surface area contributed by atoms with Crippen molar-refractivity contribution in [3.63, 3.8) is 0 Å². The lowest BCUT2D eigenvalue weighted by Gasteiger charge is -2.28. The molecule has 1 N–H and O–H groups in total. The van der Waals surface area contributed by atoms with Crippen LogP contribution in [0, 0.1) is 10.1 Å². The minimum atomic E-state index is -0.557. The highest BCUT2D eigenvalue weighted by Gasteiger charge is 2.22. The van der Waals surface area contributed by atoms with E-state index in [0.29, 0.717) is 12.1 Å². The second-order valence-electron chi connectivity index (χ2n) is 7.46. The van der Waals surface area contributed by atoms with Gasteiger partial charge >= 0.3 is 0 Å². The number of fused-ring (bicyclic) bond motifs is 1. The van der Waals surface area contributed by atoms with Crippen molar-refractivity contribution < 1.29 is 14.5 Å². The highest BCUT2D eigenvalue weighted by atomic mass is 16.6. The summed E-state index contributed by atoms with van der Waals surface area (Å²) in [5, 5.41) is 14.0. The lowest BCUT2D eigenvalue weighted by molar-refractivity contribution is -0.384. The van der Waals surface area contributed by atoms with Crippen LogP contribution in [0.4, 0.5) is 11.4 Å². The summed E-state index contributed by atoms with van der Waals surface area (Å²) in [6.45, 7) is 1.62. The van der Waals surface area contributed by atoms with E-state index in [-0.39, 0.29) is 35.2 Å². The number of non-ortho nitro benzene ring substituents is 1. The van der Waals surface area contributed by atoms with Crippen molar-refractivity contribution in [2.45, 2.75) is 13.0 Å². The van der Waals surface area contributed by atoms with Crippen LogP contribution in [0.3, 0.4) is 0 Å². The summed E-state index contributed by atoms with van der Waals surface area (Å²) in [4.78, 5) is 38.4. The van der Waals surface area contributed by atoms with Gasteiger partial charge in [0.1, 0.15) is 0 Å². The second kappa shape index (κ2) is 8.89. The number of nitrogens with zero attached hydrogens (tertiary/aromatic N) is 2. The first-order chi connectivity index (χ1) is 15.0. The fourth-order valence-corrected chi connectivity index (χ4v) is 3.77. The summed E-state index contributed by atoms with van der Waals surface area (Å²) in [6, 6.07) is 20.6. The number of hydrogen-bond acceptors (Lipinski definition) is 5. The fraction of sp³-hybridized carbons (Fsp3) is 0.167. The predicted octanol–water partition coefficient (Wildman–Crippen LogP) is 3.82. The van der Waals surface area contributed by atoms with Gasteiger partial charge in [-0.05, 0) is 23.6 Å². The van der Waals surface area contributed by atoms with Crippen molar-refractivity contribution in [2.24, 2.45) is 0 Å². The molecule has 0 saturated heterocycles. The van der Waals surface area contributed by atoms with E-state index in [1.807, 2.05) is 17.0 Å². The monoisotopic (exact) mass is 415 g/mol. The third kappa shape index (κ3) is 4.67. The lowest BCUT2D eigenvalue weighted by atomic mass is 10.00. The molecule has 4 rings (SSSR count). The average Bonchev–Trinajstić information content (AvgIpc) is 2.79. The van der Waals surface area contributed by atoms with E-state index < -0.39 is 4.92 Å². The molecule has 156 valence electrons. The van der Waals surface area contributed by atoms with E-state index in [1.54, 1.807) is 30.3 Å². The third-order valence-corrected chi connectivity index (χ3v) is 5.35. The Morgan fingerprint density at radius 3 is 2.42 bits per heavy atom. The van der Waals surface area contributed by atoms with E-state index >= 15 is 0 Å². The third-order valence-electron chi connectivity index (χ3n) is 5.35. The molecule has 0 spiro atoms. The van der Waals surface area contributed by atoms with Gasteiger partial charge in [0.05, 0.1) is 22.7 Å². The topological polar surface area (TPSA) is 92.6 Å². The number of hydrogen-bond donors (Lipinski definition) is 1. The molecule has 0 fully saturated rings. The molecule has 7 nitrogen and oxygen atoms in total. The number of nitrogens with one attached hydrogen (secondary N) is 1. The standard InChI is InChI=1S/C24H21N3O4/c28-23(16-26-13-12-17-6-4-5-9-19(17)15-26)25-22-11-10-20(27(30)31)14-21(22)24(29)18-7-2-1-3-8-18/h1-11,14H,12-13,15-16H2,(H,25,28). The molecule has 1 aliphatic heterocycles. The zero-order valence-corrected chi connectivity index (χ0v) is 16.8. The van der Waals surface area contributed by atoms with Crippen molar-refractivity contribution in [3.05, 3.63) is 105 Å². The normalized spacial score (nSPS) is 13.3. The molecule has 7 heteroatoms. The first-order valence-corrected chi connectivity index (χ1v) is 9.98. The Bertz CT molecular complexity index is 1140. The van der Waals surface area contributed by atoms with Crippen LogP contribution in [0.5, 0.6) is 0 Å². The number of carbonyl (C=O) groups is 2. The maximum atomic E-state index is 13.0. The SMILES string of the molecule is O=C(CN1CCc2ccccc2C1)Nc1ccc([N+](=O)[O-])cc1C(=O)c1ccccc1. The van der Waals surface area contributed by atoms with E-state index in [1.165, 1.54) is 29.3 Å². The van der Waals surface area contributed by atoms with Crippen LogP contribution in [-0.2, 0) is 17.8 Å². The molecule has 0 bridgehead atoms. The summed E-state index contributed by atoms with van der Waals surface area (Å²) in [6.07, 6.45) is 0.874. The fourth-order valence-electron chi connectivity index (χ4n) is 3.77. The average molecular weight is 415 g/mol. The summed E-state index contributed by atoms with van der Waals surface area (Å²) in [7, 11) is 0. The van der Waals surface area contributed by atoms with Crippen molar-refractivity contribution in [1.29, 1.82) is 0 Å². The van der Waals surface area contributed by atoms with E-state index in [2.05, 4.69) is 17.4 Å². The molecule has 1 aliphatic rings. The van der Waals surface area contributed by atoms with Crippen molar-refractivity contribution in [3.8, 4) is 0 Å². The molecule has 0 saturated carbocycles. The van der Waals surface area contributed by atoms with Gasteiger partial charge in [-0.1, -0.05) is 54.6 Å². The molecule has 0 radical (unpaired) electrons. The number of rotatable bonds is 6. The number of nitro groups is 1. The van der Waals surface area contributed by atoms with Gasteiger partial charge in [0.15, 0.2) is 5.78 Å². The van der Waals surface area contributed by atoms with Crippen molar-refractivity contribution in [1.82, 2.24) is 4.90 Å². The zero-order chi connectivity index (χ0) is 21.8. The molecule has 0 unspecified atom stereocenters. The minimum absolute atomic E-state index is 0.0951. The van der Waals surface area contributed by atoms with Crippen LogP contribution < -0.4 is 5.32 Å². The molecule has 0 aliphatic carbocycles. The van der Waals surface area contributed by atoms with Gasteiger partial charge in [-0.25, -0.2) is 0 Å². The van der Waals surface area contributed by atoms with Crippen LogP contribution in [0.15, 0.2) is 72.8 Å². The van der Waals surface area contributed by atoms with Crippen LogP contribution in [0.1, 0.15) is 27.0 Å². The maximum absolute atomic E-state index is 13.0. The number of nitro benzene ring substituents is 1. The molecule has 1 amide bonds. The molecule has 3 aromatic carbocycles. The van der Waals surface area contributed by atoms with Gasteiger partial charge in [0, 0.05) is 30.8 Å². The van der Waals surface area contributed by atoms with Gasteiger partial charge in [0.2, 0.25) is 5.91 Å². The van der Waals surface area contributed by atoms with Crippen LogP contribution in [-0.4, -0.2) is 34.6 Å². The zero-order valence-electron chi connectivity index (χ0n) is 16.8. The quantitative estimate of drug-likeness (QED) is 0.375. The Hall–Kier alpha value is -3.84. The Morgan fingerprint density at radius 1 is 0.968 bits per heavy atom. The highest BCUT2D eigenvalue weighted by molar-refractivity contribution is 6.14. The first kappa shape index (κ1) is 20.4. The Labute approximate surface area is 179 Å². The van der Waals surface area contributed by atoms with Gasteiger partial charge in [0.25, 0.3) is 5.69 Å². The van der Waals surface area contributed by atoms with E-state index in [0.717, 1.165) is 13.0 Å². The first-order valence-electron chi connectivity index (χ1n) is 9.98. The molecular weight excluding hydrogens is 394 g/mol. The maximum Gasteiger partial charge on any atom is 0.270 e. The molecule has 3 aromatic rings. The smallest absolute Gasteiger partial charge is 0.270 e. The largest absolute Gasteiger partial charge is 0.324 e. The van der Waals surface area contributed by atoms with Crippen LogP contribution in [0.25, 0.3) is 0 Å². The number of benzene rings is 3. The molecule has 1 heterocycles. The number of anilines is 1. The summed E-state index contributed by atoms with van der Waals surface area (Å²) < 4.78 is 0. The summed E-state index contributed by atoms with van der Waals surface area (Å²) in [5.41, 5.74) is 3.05. The summed E-state index contributed by atoms with van der Waals surface area (Å²) in [5.74, 6) is -0.651. The minimum Gasteiger partial charge on any atom is -0.324 e. The molecule has 0 atom stereocenters. The number of ketones is 1. The number of amides is 1. The van der Waals surface area contributed by atoms with Crippen LogP contribution in [0.2, 0.25) is 0 Å². The predicted molar refractivity (Wildman–Crippen MR) is 117 cm³/mol. The molecule has 0 aromatic heterocycles. The number of carbonyl (C=O) groups excluding carboxylic acids is 2. The van der Waals surface area contributed by atoms with Gasteiger partial charge in [-0.3, -0.25) is 24.6 Å². The van der Waals surface area contributed by atoms with Crippen molar-refractivity contribution in [2.75, 3.05) is 18.4 Å². The van der Waals surface area contributed by atoms with Gasteiger partial charge < -0.3 is 5.32 Å². The van der Waals surface area contributed by atoms with E-state index in [4.69, 9.17) is 0 Å². The Balaban J connectivity index is 1.53. The molecule has 31 heavy (non-hydrogen) atoms. The van der Waals surface area contributed by atoms with Crippen LogP contribution >= 0.6 is 0 Å². The van der Waals surface area contributed by atoms with Gasteiger partial charge in [-0.2, -0.15) is 0 Å². The summed E-state index contributed by atoms with van der Waals surface area (Å²) >= 11 is 0. The Kier molecular flexibility index (Phi) is 5.86. The van der Waals surface area contributed by atoms with E-state index in [9.17, 15) is 19.7 Å².